The molecule has 0 unspecified atom stereocenters. The summed E-state index contributed by atoms with van der Waals surface area (Å²) < 4.78 is 0.365. The fourth-order valence-corrected chi connectivity index (χ4v) is 3.74. The number of aromatic nitrogens is 3. The molecule has 5 N–H and O–H groups in total. The van der Waals surface area contributed by atoms with Gasteiger partial charge in [-0.1, -0.05) is 42.9 Å². The molecule has 2 aromatic rings. The van der Waals surface area contributed by atoms with Crippen LogP contribution < -0.4 is 16.6 Å². The summed E-state index contributed by atoms with van der Waals surface area (Å²) in [5.41, 5.74) is 5.29. The van der Waals surface area contributed by atoms with Gasteiger partial charge in [-0.05, 0) is 13.3 Å². The molecule has 8 nitrogen and oxygen atoms in total. The minimum absolute atomic E-state index is 0.331. The van der Waals surface area contributed by atoms with Gasteiger partial charge < -0.3 is 21.1 Å². The summed E-state index contributed by atoms with van der Waals surface area (Å²) in [4.78, 5) is 34.8. The molecule has 24 heavy (non-hydrogen) atoms. The number of hydrogen-bond acceptors (Lipinski definition) is 8. The Morgan fingerprint density at radius 1 is 1.46 bits per heavy atom. The highest BCUT2D eigenvalue weighted by Gasteiger charge is 2.22. The Morgan fingerprint density at radius 2 is 2.21 bits per heavy atom. The Bertz CT molecular complexity index is 758. The maximum absolute atomic E-state index is 12.1. The van der Waals surface area contributed by atoms with Gasteiger partial charge in [-0.3, -0.25) is 9.59 Å². The second kappa shape index (κ2) is 8.45. The van der Waals surface area contributed by atoms with Crippen LogP contribution in [0.4, 0.5) is 5.13 Å². The number of nitrogens with zero attached hydrogens (tertiary/aromatic N) is 2. The molecule has 0 aromatic carbocycles. The van der Waals surface area contributed by atoms with Gasteiger partial charge in [-0.15, -0.1) is 0 Å². The number of aliphatic hydroxyl groups is 1. The zero-order valence-corrected chi connectivity index (χ0v) is 15.2. The molecule has 2 heterocycles. The van der Waals surface area contributed by atoms with Crippen LogP contribution in [0, 0.1) is 0 Å². The number of unbranched alkanes of at least 4 members (excludes halogenated alkanes) is 2. The summed E-state index contributed by atoms with van der Waals surface area (Å²) in [6, 6.07) is -0.975. The number of thiazole rings is 1. The predicted molar refractivity (Wildman–Crippen MR) is 96.6 cm³/mol. The number of carbonyl (C=O) groups is 1. The fraction of sp³-hybridized carbons (Fsp3) is 0.571. The van der Waals surface area contributed by atoms with Crippen LogP contribution in [0.1, 0.15) is 33.1 Å². The number of hydrogen-bond donors (Lipinski definition) is 4. The molecule has 132 valence electrons. The van der Waals surface area contributed by atoms with Crippen molar-refractivity contribution < 1.29 is 9.90 Å². The molecule has 2 atom stereocenters. The predicted octanol–water partition coefficient (Wildman–Crippen LogP) is 1.31. The van der Waals surface area contributed by atoms with Gasteiger partial charge in [0.05, 0.1) is 6.10 Å². The number of amides is 1. The highest BCUT2D eigenvalue weighted by molar-refractivity contribution is 7.99. The van der Waals surface area contributed by atoms with E-state index in [9.17, 15) is 14.7 Å². The molecular formula is C14H21N5O3S2. The second-order valence-corrected chi connectivity index (χ2v) is 7.45. The van der Waals surface area contributed by atoms with Crippen molar-refractivity contribution in [2.45, 2.75) is 50.4 Å². The lowest BCUT2D eigenvalue weighted by Crippen LogP contribution is -2.43. The number of rotatable bonds is 9. The number of primary amides is 1. The molecule has 2 rings (SSSR count). The molecule has 0 bridgehead atoms. The van der Waals surface area contributed by atoms with Crippen LogP contribution >= 0.6 is 23.1 Å². The summed E-state index contributed by atoms with van der Waals surface area (Å²) in [7, 11) is 0. The third-order valence-electron chi connectivity index (χ3n) is 3.30. The van der Waals surface area contributed by atoms with E-state index in [-0.39, 0.29) is 5.56 Å². The first-order chi connectivity index (χ1) is 11.4. The summed E-state index contributed by atoms with van der Waals surface area (Å²) in [6.45, 7) is 3.58. The Kier molecular flexibility index (Phi) is 6.58. The van der Waals surface area contributed by atoms with Gasteiger partial charge in [0, 0.05) is 5.75 Å². The van der Waals surface area contributed by atoms with Crippen molar-refractivity contribution in [3.63, 3.8) is 0 Å². The molecule has 0 spiro atoms. The molecule has 0 radical (unpaired) electrons. The van der Waals surface area contributed by atoms with Gasteiger partial charge in [0.1, 0.15) is 10.7 Å². The monoisotopic (exact) mass is 371 g/mol. The summed E-state index contributed by atoms with van der Waals surface area (Å²) in [5, 5.41) is 13.2. The topological polar surface area (TPSA) is 134 Å². The van der Waals surface area contributed by atoms with Crippen LogP contribution in [-0.4, -0.2) is 43.9 Å². The van der Waals surface area contributed by atoms with Gasteiger partial charge in [0.15, 0.2) is 15.9 Å². The maximum Gasteiger partial charge on any atom is 0.293 e. The van der Waals surface area contributed by atoms with Crippen LogP contribution in [0.5, 0.6) is 0 Å². The number of aromatic amines is 1. The number of fused-ring (bicyclic) bond motifs is 1. The largest absolute Gasteiger partial charge is 0.391 e. The lowest BCUT2D eigenvalue weighted by Gasteiger charge is -2.16. The second-order valence-electron chi connectivity index (χ2n) is 5.36. The van der Waals surface area contributed by atoms with Crippen LogP contribution in [0.25, 0.3) is 10.3 Å². The van der Waals surface area contributed by atoms with E-state index in [1.165, 1.54) is 18.7 Å². The third-order valence-corrected chi connectivity index (χ3v) is 5.24. The maximum atomic E-state index is 12.1. The highest BCUT2D eigenvalue weighted by atomic mass is 32.2. The van der Waals surface area contributed by atoms with E-state index in [0.717, 1.165) is 36.4 Å². The van der Waals surface area contributed by atoms with Crippen molar-refractivity contribution >= 4 is 44.5 Å². The van der Waals surface area contributed by atoms with E-state index in [1.807, 2.05) is 0 Å². The zero-order chi connectivity index (χ0) is 17.7. The van der Waals surface area contributed by atoms with Crippen molar-refractivity contribution in [2.24, 2.45) is 5.73 Å². The number of carbonyl (C=O) groups excluding carboxylic acids is 1. The Labute approximate surface area is 147 Å². The van der Waals surface area contributed by atoms with Crippen molar-refractivity contribution in [2.75, 3.05) is 11.1 Å². The SMILES string of the molecule is CCCCCSc1nc(=O)c2sc(N[C@H](C(N)=O)[C@@H](C)O)nc2[nH]1. The molecule has 0 aliphatic carbocycles. The quantitative estimate of drug-likeness (QED) is 0.296. The zero-order valence-electron chi connectivity index (χ0n) is 13.5. The van der Waals surface area contributed by atoms with E-state index < -0.39 is 18.1 Å². The van der Waals surface area contributed by atoms with Crippen molar-refractivity contribution in [3.8, 4) is 0 Å². The van der Waals surface area contributed by atoms with E-state index in [1.54, 1.807) is 0 Å². The fourth-order valence-electron chi connectivity index (χ4n) is 2.04. The molecule has 0 saturated heterocycles. The third kappa shape index (κ3) is 4.68. The van der Waals surface area contributed by atoms with E-state index in [2.05, 4.69) is 27.2 Å². The minimum Gasteiger partial charge on any atom is -0.391 e. The standard InChI is InChI=1S/C14H21N5O3S2/c1-3-4-5-6-23-13-17-11-9(12(22)19-13)24-14(18-11)16-8(7(2)20)10(15)21/h7-8,20H,3-6H2,1-2H3,(H2,15,21)(H2,16,17,18,19,22)/t7-,8+/m1/s1. The molecule has 0 aliphatic rings. The van der Waals surface area contributed by atoms with Gasteiger partial charge in [0.25, 0.3) is 5.56 Å². The average Bonchev–Trinajstić information content (AvgIpc) is 2.92. The Balaban J connectivity index is 2.19. The summed E-state index contributed by atoms with van der Waals surface area (Å²) in [5.74, 6) is 0.185. The minimum atomic E-state index is -0.979. The lowest BCUT2D eigenvalue weighted by molar-refractivity contribution is -0.120. The van der Waals surface area contributed by atoms with Crippen LogP contribution in [-0.2, 0) is 4.79 Å². The van der Waals surface area contributed by atoms with Crippen LogP contribution in [0.15, 0.2) is 9.95 Å². The van der Waals surface area contributed by atoms with Gasteiger partial charge >= 0.3 is 0 Å². The van der Waals surface area contributed by atoms with E-state index >= 15 is 0 Å². The average molecular weight is 371 g/mol. The van der Waals surface area contributed by atoms with Crippen molar-refractivity contribution in [3.05, 3.63) is 10.4 Å². The van der Waals surface area contributed by atoms with Crippen LogP contribution in [0.3, 0.4) is 0 Å². The number of anilines is 1. The van der Waals surface area contributed by atoms with E-state index in [4.69, 9.17) is 5.73 Å². The summed E-state index contributed by atoms with van der Waals surface area (Å²) >= 11 is 2.56. The van der Waals surface area contributed by atoms with Gasteiger partial charge in [0.2, 0.25) is 5.91 Å². The molecular weight excluding hydrogens is 350 g/mol. The number of aliphatic hydroxyl groups excluding tert-OH is 1. The van der Waals surface area contributed by atoms with Crippen molar-refractivity contribution in [1.29, 1.82) is 0 Å². The highest BCUT2D eigenvalue weighted by Crippen LogP contribution is 2.24. The molecule has 10 heteroatoms. The summed E-state index contributed by atoms with van der Waals surface area (Å²) in [6.07, 6.45) is 2.35. The normalized spacial score (nSPS) is 13.8. The Morgan fingerprint density at radius 3 is 2.83 bits per heavy atom. The smallest absolute Gasteiger partial charge is 0.293 e. The molecule has 1 amide bonds. The molecule has 0 saturated carbocycles. The van der Waals surface area contributed by atoms with Crippen LogP contribution in [0.2, 0.25) is 0 Å². The molecule has 0 aliphatic heterocycles. The number of nitrogens with one attached hydrogen (secondary N) is 2. The number of thioether (sulfide) groups is 1. The first-order valence-electron chi connectivity index (χ1n) is 7.70. The van der Waals surface area contributed by atoms with Gasteiger partial charge in [-0.25, -0.2) is 4.98 Å². The molecule has 2 aromatic heterocycles. The van der Waals surface area contributed by atoms with Gasteiger partial charge in [-0.2, -0.15) is 4.98 Å². The van der Waals surface area contributed by atoms with E-state index in [0.29, 0.717) is 20.6 Å². The van der Waals surface area contributed by atoms with Crippen molar-refractivity contribution in [1.82, 2.24) is 15.0 Å². The number of H-pyrrole nitrogens is 1. The number of nitrogens with two attached hydrogens (primary N) is 1. The molecule has 0 fully saturated rings. The lowest BCUT2D eigenvalue weighted by atomic mass is 10.2. The Hall–Kier alpha value is -1.65. The first kappa shape index (κ1) is 18.7. The first-order valence-corrected chi connectivity index (χ1v) is 9.50.